The van der Waals surface area contributed by atoms with Crippen molar-refractivity contribution >= 4 is 0 Å². The first-order chi connectivity index (χ1) is 12.3. The van der Waals surface area contributed by atoms with Crippen molar-refractivity contribution in [1.82, 2.24) is 9.80 Å². The second-order valence-electron chi connectivity index (χ2n) is 7.65. The molecule has 2 aliphatic heterocycles. The van der Waals surface area contributed by atoms with Crippen LogP contribution in [0, 0.1) is 0 Å². The van der Waals surface area contributed by atoms with Crippen molar-refractivity contribution < 1.29 is 14.6 Å². The van der Waals surface area contributed by atoms with Crippen LogP contribution in [-0.4, -0.2) is 72.5 Å². The maximum Gasteiger partial charge on any atom is 0.120 e. The number of likely N-dealkylation sites (tertiary alicyclic amines) is 1. The van der Waals surface area contributed by atoms with Crippen LogP contribution in [-0.2, 0) is 11.3 Å². The minimum Gasteiger partial charge on any atom is -0.490 e. The third kappa shape index (κ3) is 4.34. The summed E-state index contributed by atoms with van der Waals surface area (Å²) in [6.07, 6.45) is 5.08. The fourth-order valence-corrected chi connectivity index (χ4v) is 4.42. The van der Waals surface area contributed by atoms with Gasteiger partial charge in [0.2, 0.25) is 0 Å². The van der Waals surface area contributed by atoms with E-state index in [1.807, 2.05) is 0 Å². The molecule has 0 bridgehead atoms. The van der Waals surface area contributed by atoms with E-state index in [2.05, 4.69) is 34.1 Å². The van der Waals surface area contributed by atoms with Crippen LogP contribution < -0.4 is 4.74 Å². The number of aliphatic hydroxyl groups is 1. The lowest BCUT2D eigenvalue weighted by atomic mass is 10.1. The van der Waals surface area contributed by atoms with E-state index in [1.165, 1.54) is 31.2 Å². The second kappa shape index (κ2) is 8.04. The zero-order chi connectivity index (χ0) is 17.1. The topological polar surface area (TPSA) is 45.2 Å². The molecular weight excluding hydrogens is 316 g/mol. The predicted molar refractivity (Wildman–Crippen MR) is 96.8 cm³/mol. The molecule has 3 aliphatic rings. The van der Waals surface area contributed by atoms with Gasteiger partial charge in [-0.1, -0.05) is 12.1 Å². The van der Waals surface area contributed by atoms with Gasteiger partial charge < -0.3 is 14.6 Å². The average Bonchev–Trinajstić information content (AvgIpc) is 3.26. The summed E-state index contributed by atoms with van der Waals surface area (Å²) in [4.78, 5) is 4.74. The standard InChI is InChI=1S/C20H30N2O3/c23-20-15-21(14-19(20)22-8-10-24-11-9-22)13-16-4-3-7-18(12-16)25-17-5-1-2-6-17/h3-4,7,12,17,19-20,23H,1-2,5-6,8-11,13-15H2/t19-,20-/m0/s1. The number of benzene rings is 1. The van der Waals surface area contributed by atoms with Gasteiger partial charge in [-0.15, -0.1) is 0 Å². The molecule has 25 heavy (non-hydrogen) atoms. The lowest BCUT2D eigenvalue weighted by Crippen LogP contribution is -2.48. The molecule has 1 aromatic carbocycles. The molecule has 4 rings (SSSR count). The molecule has 0 spiro atoms. The number of nitrogens with zero attached hydrogens (tertiary/aromatic N) is 2. The Bertz CT molecular complexity index is 556. The first-order valence-corrected chi connectivity index (χ1v) is 9.76. The van der Waals surface area contributed by atoms with Crippen LogP contribution in [0.5, 0.6) is 5.75 Å². The smallest absolute Gasteiger partial charge is 0.120 e. The van der Waals surface area contributed by atoms with E-state index in [0.717, 1.165) is 51.7 Å². The van der Waals surface area contributed by atoms with E-state index in [9.17, 15) is 5.11 Å². The summed E-state index contributed by atoms with van der Waals surface area (Å²) in [5.74, 6) is 0.994. The van der Waals surface area contributed by atoms with Crippen LogP contribution in [0.2, 0.25) is 0 Å². The Morgan fingerprint density at radius 3 is 2.72 bits per heavy atom. The number of morpholine rings is 1. The van der Waals surface area contributed by atoms with Crippen LogP contribution in [0.1, 0.15) is 31.2 Å². The van der Waals surface area contributed by atoms with Gasteiger partial charge in [0, 0.05) is 38.8 Å². The predicted octanol–water partition coefficient (Wildman–Crippen LogP) is 1.89. The summed E-state index contributed by atoms with van der Waals surface area (Å²) >= 11 is 0. The average molecular weight is 346 g/mol. The van der Waals surface area contributed by atoms with Gasteiger partial charge in [-0.25, -0.2) is 0 Å². The molecule has 1 aliphatic carbocycles. The third-order valence-electron chi connectivity index (χ3n) is 5.76. The first kappa shape index (κ1) is 17.3. The number of aliphatic hydroxyl groups excluding tert-OH is 1. The van der Waals surface area contributed by atoms with Gasteiger partial charge in [-0.3, -0.25) is 9.80 Å². The minimum atomic E-state index is -0.268. The fraction of sp³-hybridized carbons (Fsp3) is 0.700. The van der Waals surface area contributed by atoms with Gasteiger partial charge in [0.25, 0.3) is 0 Å². The Labute approximate surface area is 150 Å². The maximum atomic E-state index is 10.5. The zero-order valence-corrected chi connectivity index (χ0v) is 15.0. The summed E-state index contributed by atoms with van der Waals surface area (Å²) in [5.41, 5.74) is 1.27. The largest absolute Gasteiger partial charge is 0.490 e. The Morgan fingerprint density at radius 1 is 1.12 bits per heavy atom. The lowest BCUT2D eigenvalue weighted by Gasteiger charge is -2.33. The minimum absolute atomic E-state index is 0.238. The van der Waals surface area contributed by atoms with Crippen LogP contribution in [0.3, 0.4) is 0 Å². The third-order valence-corrected chi connectivity index (χ3v) is 5.76. The molecule has 2 heterocycles. The maximum absolute atomic E-state index is 10.5. The van der Waals surface area contributed by atoms with E-state index in [-0.39, 0.29) is 12.1 Å². The molecule has 1 aromatic rings. The van der Waals surface area contributed by atoms with E-state index < -0.39 is 0 Å². The summed E-state index contributed by atoms with van der Waals surface area (Å²) in [5, 5.41) is 10.5. The first-order valence-electron chi connectivity index (χ1n) is 9.76. The molecular formula is C20H30N2O3. The Hall–Kier alpha value is -1.14. The van der Waals surface area contributed by atoms with E-state index in [4.69, 9.17) is 9.47 Å². The molecule has 0 unspecified atom stereocenters. The highest BCUT2D eigenvalue weighted by Crippen LogP contribution is 2.26. The highest BCUT2D eigenvalue weighted by molar-refractivity contribution is 5.29. The monoisotopic (exact) mass is 346 g/mol. The molecule has 138 valence electrons. The molecule has 0 aromatic heterocycles. The number of ether oxygens (including phenoxy) is 2. The van der Waals surface area contributed by atoms with Gasteiger partial charge in [-0.05, 0) is 43.4 Å². The van der Waals surface area contributed by atoms with Crippen molar-refractivity contribution in [2.75, 3.05) is 39.4 Å². The van der Waals surface area contributed by atoms with Crippen LogP contribution in [0.15, 0.2) is 24.3 Å². The summed E-state index contributed by atoms with van der Waals surface area (Å²) in [7, 11) is 0. The van der Waals surface area contributed by atoms with Crippen molar-refractivity contribution in [3.8, 4) is 5.75 Å². The quantitative estimate of drug-likeness (QED) is 0.882. The second-order valence-corrected chi connectivity index (χ2v) is 7.65. The summed E-state index contributed by atoms with van der Waals surface area (Å²) in [6.45, 7) is 5.97. The van der Waals surface area contributed by atoms with Gasteiger partial charge in [0.1, 0.15) is 5.75 Å². The number of β-amino-alcohol motifs (C(OH)–C–C–N with tert-alkyl or cyclic N) is 1. The summed E-state index contributed by atoms with van der Waals surface area (Å²) in [6, 6.07) is 8.73. The van der Waals surface area contributed by atoms with Crippen LogP contribution >= 0.6 is 0 Å². The molecule has 0 amide bonds. The fourth-order valence-electron chi connectivity index (χ4n) is 4.42. The van der Waals surface area contributed by atoms with Gasteiger partial charge in [-0.2, -0.15) is 0 Å². The Morgan fingerprint density at radius 2 is 1.92 bits per heavy atom. The summed E-state index contributed by atoms with van der Waals surface area (Å²) < 4.78 is 11.6. The van der Waals surface area contributed by atoms with Crippen molar-refractivity contribution in [3.05, 3.63) is 29.8 Å². The van der Waals surface area contributed by atoms with Crippen molar-refractivity contribution in [1.29, 1.82) is 0 Å². The van der Waals surface area contributed by atoms with Gasteiger partial charge in [0.15, 0.2) is 0 Å². The highest BCUT2D eigenvalue weighted by atomic mass is 16.5. The van der Waals surface area contributed by atoms with Crippen molar-refractivity contribution in [2.45, 2.75) is 50.5 Å². The molecule has 0 radical (unpaired) electrons. The van der Waals surface area contributed by atoms with E-state index >= 15 is 0 Å². The van der Waals surface area contributed by atoms with Crippen LogP contribution in [0.25, 0.3) is 0 Å². The molecule has 3 fully saturated rings. The number of rotatable bonds is 5. The zero-order valence-electron chi connectivity index (χ0n) is 15.0. The number of hydrogen-bond donors (Lipinski definition) is 1. The molecule has 1 saturated carbocycles. The SMILES string of the molecule is O[C@H]1CN(Cc2cccc(OC3CCCC3)c2)C[C@@H]1N1CCOCC1. The number of hydrogen-bond acceptors (Lipinski definition) is 5. The van der Waals surface area contributed by atoms with Crippen LogP contribution in [0.4, 0.5) is 0 Å². The molecule has 2 saturated heterocycles. The van der Waals surface area contributed by atoms with E-state index in [0.29, 0.717) is 6.10 Å². The van der Waals surface area contributed by atoms with Gasteiger partial charge >= 0.3 is 0 Å². The Kier molecular flexibility index (Phi) is 5.56. The molecule has 5 nitrogen and oxygen atoms in total. The molecule has 5 heteroatoms. The normalized spacial score (nSPS) is 29.3. The van der Waals surface area contributed by atoms with Gasteiger partial charge in [0.05, 0.1) is 25.4 Å². The van der Waals surface area contributed by atoms with Crippen molar-refractivity contribution in [2.24, 2.45) is 0 Å². The molecule has 2 atom stereocenters. The van der Waals surface area contributed by atoms with Crippen molar-refractivity contribution in [3.63, 3.8) is 0 Å². The molecule has 1 N–H and O–H groups in total. The van der Waals surface area contributed by atoms with E-state index in [1.54, 1.807) is 0 Å². The highest BCUT2D eigenvalue weighted by Gasteiger charge is 2.35. The Balaban J connectivity index is 1.34. The lowest BCUT2D eigenvalue weighted by molar-refractivity contribution is -0.00618.